The molecule has 2 N–H and O–H groups in total. The molecular weight excluding hydrogens is 389 g/mol. The van der Waals surface area contributed by atoms with Crippen LogP contribution in [0.3, 0.4) is 0 Å². The van der Waals surface area contributed by atoms with Gasteiger partial charge in [-0.1, -0.05) is 18.2 Å². The highest BCUT2D eigenvalue weighted by Gasteiger charge is 2.29. The van der Waals surface area contributed by atoms with Crippen LogP contribution in [-0.4, -0.2) is 41.1 Å². The van der Waals surface area contributed by atoms with Crippen LogP contribution < -0.4 is 20.7 Å². The highest BCUT2D eigenvalue weighted by atomic mass is 19.1. The standard InChI is InChI=1S/C20H20FN7O2/c21-15-6-8-17(9-7-15)26-10-12-27(13-11-26)20-18(28(29)30)19(22-14-23-20)25-24-16-4-2-1-3-5-16/h1-9,14,24H,10-13H2,(H,22,23,25). The number of hydrogen-bond donors (Lipinski definition) is 2. The Hall–Kier alpha value is -3.95. The molecule has 0 saturated carbocycles. The van der Waals surface area contributed by atoms with Crippen molar-refractivity contribution in [3.63, 3.8) is 0 Å². The number of aromatic nitrogens is 2. The van der Waals surface area contributed by atoms with E-state index in [1.54, 1.807) is 12.1 Å². The van der Waals surface area contributed by atoms with Gasteiger partial charge in [0.05, 0.1) is 10.6 Å². The van der Waals surface area contributed by atoms with Crippen molar-refractivity contribution in [3.8, 4) is 0 Å². The zero-order valence-electron chi connectivity index (χ0n) is 16.0. The Bertz CT molecular complexity index is 1010. The molecule has 1 aliphatic rings. The molecule has 30 heavy (non-hydrogen) atoms. The molecule has 1 aliphatic heterocycles. The van der Waals surface area contributed by atoms with Gasteiger partial charge in [0.1, 0.15) is 12.1 Å². The van der Waals surface area contributed by atoms with Crippen molar-refractivity contribution in [2.75, 3.05) is 46.8 Å². The molecule has 10 heteroatoms. The van der Waals surface area contributed by atoms with E-state index >= 15 is 0 Å². The summed E-state index contributed by atoms with van der Waals surface area (Å²) < 4.78 is 13.2. The highest BCUT2D eigenvalue weighted by molar-refractivity contribution is 5.72. The predicted octanol–water partition coefficient (Wildman–Crippen LogP) is 3.29. The van der Waals surface area contributed by atoms with Gasteiger partial charge in [0.25, 0.3) is 0 Å². The number of hydrazine groups is 1. The molecule has 1 aromatic heterocycles. The van der Waals surface area contributed by atoms with E-state index in [-0.39, 0.29) is 23.1 Å². The third-order valence-corrected chi connectivity index (χ3v) is 4.86. The van der Waals surface area contributed by atoms with Crippen molar-refractivity contribution in [2.45, 2.75) is 0 Å². The van der Waals surface area contributed by atoms with Crippen molar-refractivity contribution in [2.24, 2.45) is 0 Å². The van der Waals surface area contributed by atoms with E-state index in [1.165, 1.54) is 18.5 Å². The van der Waals surface area contributed by atoms with Crippen LogP contribution in [-0.2, 0) is 0 Å². The average Bonchev–Trinajstić information content (AvgIpc) is 2.78. The first-order valence-corrected chi connectivity index (χ1v) is 9.44. The predicted molar refractivity (Wildman–Crippen MR) is 113 cm³/mol. The first kappa shape index (κ1) is 19.4. The van der Waals surface area contributed by atoms with Crippen LogP contribution in [0.4, 0.5) is 33.1 Å². The summed E-state index contributed by atoms with van der Waals surface area (Å²) in [5.74, 6) is 0.0825. The Morgan fingerprint density at radius 2 is 1.57 bits per heavy atom. The van der Waals surface area contributed by atoms with Gasteiger partial charge in [0.2, 0.25) is 11.6 Å². The number of piperazine rings is 1. The fraction of sp³-hybridized carbons (Fsp3) is 0.200. The molecule has 0 bridgehead atoms. The second-order valence-electron chi connectivity index (χ2n) is 6.72. The third kappa shape index (κ3) is 4.22. The van der Waals surface area contributed by atoms with E-state index in [0.29, 0.717) is 26.2 Å². The van der Waals surface area contributed by atoms with Crippen molar-refractivity contribution in [1.29, 1.82) is 0 Å². The maximum Gasteiger partial charge on any atom is 0.355 e. The number of benzene rings is 2. The van der Waals surface area contributed by atoms with E-state index in [1.807, 2.05) is 35.2 Å². The first-order chi connectivity index (χ1) is 14.6. The number of anilines is 4. The van der Waals surface area contributed by atoms with E-state index in [9.17, 15) is 14.5 Å². The van der Waals surface area contributed by atoms with Gasteiger partial charge in [-0.05, 0) is 36.4 Å². The lowest BCUT2D eigenvalue weighted by Gasteiger charge is -2.36. The van der Waals surface area contributed by atoms with Crippen molar-refractivity contribution < 1.29 is 9.31 Å². The zero-order valence-corrected chi connectivity index (χ0v) is 16.0. The molecule has 0 atom stereocenters. The summed E-state index contributed by atoms with van der Waals surface area (Å²) in [6.07, 6.45) is 1.31. The third-order valence-electron chi connectivity index (χ3n) is 4.86. The molecule has 4 rings (SSSR count). The van der Waals surface area contributed by atoms with Crippen molar-refractivity contribution in [3.05, 3.63) is 76.9 Å². The molecule has 0 amide bonds. The molecule has 154 valence electrons. The molecule has 1 saturated heterocycles. The molecule has 2 heterocycles. The number of nitro groups is 1. The minimum atomic E-state index is -0.476. The summed E-state index contributed by atoms with van der Waals surface area (Å²) in [5.41, 5.74) is 7.22. The minimum absolute atomic E-state index is 0.0924. The fourth-order valence-corrected chi connectivity index (χ4v) is 3.34. The van der Waals surface area contributed by atoms with Gasteiger partial charge in [0.15, 0.2) is 0 Å². The van der Waals surface area contributed by atoms with Gasteiger partial charge >= 0.3 is 5.69 Å². The minimum Gasteiger partial charge on any atom is -0.368 e. The maximum absolute atomic E-state index is 13.2. The SMILES string of the molecule is O=[N+]([O-])c1c(NNc2ccccc2)ncnc1N1CCN(c2ccc(F)cc2)CC1. The van der Waals surface area contributed by atoms with E-state index in [2.05, 4.69) is 25.7 Å². The van der Waals surface area contributed by atoms with E-state index < -0.39 is 4.92 Å². The normalized spacial score (nSPS) is 13.8. The monoisotopic (exact) mass is 409 g/mol. The molecule has 0 aliphatic carbocycles. The van der Waals surface area contributed by atoms with Crippen LogP contribution in [0.5, 0.6) is 0 Å². The van der Waals surface area contributed by atoms with E-state index in [4.69, 9.17) is 0 Å². The molecular formula is C20H20FN7O2. The van der Waals surface area contributed by atoms with Crippen LogP contribution >= 0.6 is 0 Å². The summed E-state index contributed by atoms with van der Waals surface area (Å²) >= 11 is 0. The summed E-state index contributed by atoms with van der Waals surface area (Å²) in [6.45, 7) is 2.36. The molecule has 0 unspecified atom stereocenters. The molecule has 0 spiro atoms. The lowest BCUT2D eigenvalue weighted by molar-refractivity contribution is -0.383. The molecule has 9 nitrogen and oxygen atoms in total. The molecule has 2 aromatic carbocycles. The Morgan fingerprint density at radius 1 is 0.900 bits per heavy atom. The smallest absolute Gasteiger partial charge is 0.355 e. The largest absolute Gasteiger partial charge is 0.368 e. The van der Waals surface area contributed by atoms with E-state index in [0.717, 1.165) is 11.4 Å². The van der Waals surface area contributed by atoms with Crippen LogP contribution in [0.15, 0.2) is 60.9 Å². The number of nitrogens with zero attached hydrogens (tertiary/aromatic N) is 5. The van der Waals surface area contributed by atoms with Gasteiger partial charge in [-0.15, -0.1) is 0 Å². The average molecular weight is 409 g/mol. The van der Waals surface area contributed by atoms with Gasteiger partial charge < -0.3 is 9.80 Å². The van der Waals surface area contributed by atoms with Gasteiger partial charge in [-0.3, -0.25) is 21.0 Å². The zero-order chi connectivity index (χ0) is 20.9. The fourth-order valence-electron chi connectivity index (χ4n) is 3.34. The Balaban J connectivity index is 1.50. The van der Waals surface area contributed by atoms with Gasteiger partial charge in [-0.25, -0.2) is 14.4 Å². The number of rotatable bonds is 6. The summed E-state index contributed by atoms with van der Waals surface area (Å²) in [6, 6.07) is 15.6. The van der Waals surface area contributed by atoms with Gasteiger partial charge in [0, 0.05) is 31.9 Å². The maximum atomic E-state index is 13.2. The number of para-hydroxylation sites is 1. The summed E-state index contributed by atoms with van der Waals surface area (Å²) in [7, 11) is 0. The van der Waals surface area contributed by atoms with Crippen LogP contribution in [0.1, 0.15) is 0 Å². The lowest BCUT2D eigenvalue weighted by atomic mass is 10.2. The van der Waals surface area contributed by atoms with Crippen LogP contribution in [0, 0.1) is 15.9 Å². The topological polar surface area (TPSA) is 99.5 Å². The highest BCUT2D eigenvalue weighted by Crippen LogP contribution is 2.32. The molecule has 1 fully saturated rings. The Kier molecular flexibility index (Phi) is 5.55. The Morgan fingerprint density at radius 3 is 2.23 bits per heavy atom. The van der Waals surface area contributed by atoms with Gasteiger partial charge in [-0.2, -0.15) is 0 Å². The number of nitrogens with one attached hydrogen (secondary N) is 2. The molecule has 3 aromatic rings. The van der Waals surface area contributed by atoms with Crippen LogP contribution in [0.2, 0.25) is 0 Å². The Labute approximate surface area is 172 Å². The van der Waals surface area contributed by atoms with Crippen LogP contribution in [0.25, 0.3) is 0 Å². The first-order valence-electron chi connectivity index (χ1n) is 9.44. The quantitative estimate of drug-likeness (QED) is 0.473. The lowest BCUT2D eigenvalue weighted by Crippen LogP contribution is -2.47. The number of halogens is 1. The molecule has 0 radical (unpaired) electrons. The number of hydrogen-bond acceptors (Lipinski definition) is 8. The second kappa shape index (κ2) is 8.60. The summed E-state index contributed by atoms with van der Waals surface area (Å²) in [4.78, 5) is 23.5. The van der Waals surface area contributed by atoms with Crippen molar-refractivity contribution in [1.82, 2.24) is 9.97 Å². The van der Waals surface area contributed by atoms with Crippen molar-refractivity contribution >= 4 is 28.7 Å². The summed E-state index contributed by atoms with van der Waals surface area (Å²) in [5, 5.41) is 11.8. The second-order valence-corrected chi connectivity index (χ2v) is 6.72.